The van der Waals surface area contributed by atoms with Crippen LogP contribution in [0.15, 0.2) is 18.2 Å². The van der Waals surface area contributed by atoms with Gasteiger partial charge in [0.15, 0.2) is 6.61 Å². The van der Waals surface area contributed by atoms with Crippen molar-refractivity contribution in [3.8, 4) is 5.75 Å². The second-order valence-electron chi connectivity index (χ2n) is 5.83. The minimum absolute atomic E-state index is 0.0290. The van der Waals surface area contributed by atoms with Crippen LogP contribution in [0.4, 0.5) is 16.2 Å². The Morgan fingerprint density at radius 3 is 2.82 bits per heavy atom. The molecular formula is C16H21N3O3. The monoisotopic (exact) mass is 303 g/mol. The maximum atomic E-state index is 12.2. The first-order valence-corrected chi connectivity index (χ1v) is 7.75. The first-order chi connectivity index (χ1) is 10.6. The number of anilines is 2. The third-order valence-electron chi connectivity index (χ3n) is 4.25. The van der Waals surface area contributed by atoms with Crippen LogP contribution in [0.3, 0.4) is 0 Å². The van der Waals surface area contributed by atoms with E-state index in [-0.39, 0.29) is 24.6 Å². The fourth-order valence-corrected chi connectivity index (χ4v) is 3.04. The number of hydrogen-bond donors (Lipinski definition) is 2. The van der Waals surface area contributed by atoms with Gasteiger partial charge in [-0.25, -0.2) is 4.79 Å². The number of nitrogens with one attached hydrogen (secondary N) is 2. The van der Waals surface area contributed by atoms with E-state index in [4.69, 9.17) is 4.74 Å². The van der Waals surface area contributed by atoms with Gasteiger partial charge >= 0.3 is 6.03 Å². The maximum Gasteiger partial charge on any atom is 0.319 e. The minimum Gasteiger partial charge on any atom is -0.481 e. The van der Waals surface area contributed by atoms with Crippen molar-refractivity contribution < 1.29 is 14.3 Å². The van der Waals surface area contributed by atoms with E-state index in [1.54, 1.807) is 25.2 Å². The highest BCUT2D eigenvalue weighted by molar-refractivity contribution is 6.04. The molecular weight excluding hydrogens is 282 g/mol. The molecule has 1 aromatic carbocycles. The molecule has 118 valence electrons. The number of carbonyl (C=O) groups excluding carboxylic acids is 2. The molecule has 1 aliphatic carbocycles. The summed E-state index contributed by atoms with van der Waals surface area (Å²) >= 11 is 0. The standard InChI is InChI=1S/C16H21N3O3/c1-19-14(20)10-22-13-9-5-8-12(15(13)19)18-16(21)17-11-6-3-2-4-7-11/h5,8-9,11H,2-4,6-7,10H2,1H3,(H2,17,18,21). The van der Waals surface area contributed by atoms with E-state index in [1.807, 2.05) is 0 Å². The van der Waals surface area contributed by atoms with E-state index in [2.05, 4.69) is 10.6 Å². The van der Waals surface area contributed by atoms with Gasteiger partial charge in [0.2, 0.25) is 0 Å². The summed E-state index contributed by atoms with van der Waals surface area (Å²) < 4.78 is 5.42. The van der Waals surface area contributed by atoms with E-state index in [0.717, 1.165) is 25.7 Å². The van der Waals surface area contributed by atoms with Crippen LogP contribution in [0, 0.1) is 0 Å². The Kier molecular flexibility index (Phi) is 4.18. The van der Waals surface area contributed by atoms with E-state index < -0.39 is 0 Å². The highest BCUT2D eigenvalue weighted by Crippen LogP contribution is 2.37. The van der Waals surface area contributed by atoms with Crippen LogP contribution in [0.25, 0.3) is 0 Å². The van der Waals surface area contributed by atoms with Crippen LogP contribution >= 0.6 is 0 Å². The van der Waals surface area contributed by atoms with Gasteiger partial charge in [0.1, 0.15) is 11.4 Å². The van der Waals surface area contributed by atoms with Gasteiger partial charge in [-0.05, 0) is 25.0 Å². The molecule has 3 amide bonds. The van der Waals surface area contributed by atoms with Crippen molar-refractivity contribution >= 4 is 23.3 Å². The molecule has 1 aliphatic heterocycles. The number of rotatable bonds is 2. The number of likely N-dealkylation sites (N-methyl/N-ethyl adjacent to an activating group) is 1. The number of amides is 3. The molecule has 2 N–H and O–H groups in total. The number of para-hydroxylation sites is 1. The fourth-order valence-electron chi connectivity index (χ4n) is 3.04. The minimum atomic E-state index is -0.230. The van der Waals surface area contributed by atoms with E-state index in [1.165, 1.54) is 11.3 Å². The summed E-state index contributed by atoms with van der Waals surface area (Å²) in [5, 5.41) is 5.85. The van der Waals surface area contributed by atoms with Crippen molar-refractivity contribution in [3.63, 3.8) is 0 Å². The molecule has 0 saturated heterocycles. The number of hydrogen-bond acceptors (Lipinski definition) is 3. The molecule has 6 nitrogen and oxygen atoms in total. The van der Waals surface area contributed by atoms with Crippen LogP contribution < -0.4 is 20.3 Å². The van der Waals surface area contributed by atoms with Gasteiger partial charge in [0.05, 0.1) is 5.69 Å². The third kappa shape index (κ3) is 3.00. The van der Waals surface area contributed by atoms with Crippen LogP contribution in [-0.2, 0) is 4.79 Å². The number of benzene rings is 1. The molecule has 1 saturated carbocycles. The molecule has 0 radical (unpaired) electrons. The summed E-state index contributed by atoms with van der Waals surface area (Å²) in [4.78, 5) is 25.5. The highest BCUT2D eigenvalue weighted by Gasteiger charge is 2.26. The average molecular weight is 303 g/mol. The van der Waals surface area contributed by atoms with Crippen molar-refractivity contribution in [2.24, 2.45) is 0 Å². The molecule has 6 heteroatoms. The first kappa shape index (κ1) is 14.7. The van der Waals surface area contributed by atoms with Crippen molar-refractivity contribution in [2.45, 2.75) is 38.1 Å². The quantitative estimate of drug-likeness (QED) is 0.882. The Bertz CT molecular complexity index is 582. The molecule has 1 heterocycles. The zero-order valence-corrected chi connectivity index (χ0v) is 12.7. The zero-order chi connectivity index (χ0) is 15.5. The van der Waals surface area contributed by atoms with E-state index in [0.29, 0.717) is 17.1 Å². The second-order valence-corrected chi connectivity index (χ2v) is 5.83. The largest absolute Gasteiger partial charge is 0.481 e. The predicted octanol–water partition coefficient (Wildman–Crippen LogP) is 2.50. The Morgan fingerprint density at radius 2 is 2.05 bits per heavy atom. The predicted molar refractivity (Wildman–Crippen MR) is 84.4 cm³/mol. The van der Waals surface area contributed by atoms with Crippen molar-refractivity contribution in [1.29, 1.82) is 0 Å². The van der Waals surface area contributed by atoms with Crippen LogP contribution in [0.2, 0.25) is 0 Å². The second kappa shape index (κ2) is 6.25. The Labute approximate surface area is 129 Å². The number of fused-ring (bicyclic) bond motifs is 1. The Balaban J connectivity index is 1.72. The lowest BCUT2D eigenvalue weighted by Gasteiger charge is -2.28. The van der Waals surface area contributed by atoms with Crippen LogP contribution in [0.1, 0.15) is 32.1 Å². The number of carbonyl (C=O) groups is 2. The summed E-state index contributed by atoms with van der Waals surface area (Å²) in [6.45, 7) is 0.0290. The highest BCUT2D eigenvalue weighted by atomic mass is 16.5. The Morgan fingerprint density at radius 1 is 1.27 bits per heavy atom. The normalized spacial score (nSPS) is 18.4. The summed E-state index contributed by atoms with van der Waals surface area (Å²) in [5.41, 5.74) is 1.19. The van der Waals surface area contributed by atoms with Gasteiger partial charge in [0.25, 0.3) is 5.91 Å². The summed E-state index contributed by atoms with van der Waals surface area (Å²) in [7, 11) is 1.69. The van der Waals surface area contributed by atoms with Crippen molar-refractivity contribution in [1.82, 2.24) is 5.32 Å². The maximum absolute atomic E-state index is 12.2. The molecule has 2 aliphatic rings. The summed E-state index contributed by atoms with van der Waals surface area (Å²) in [6, 6.07) is 5.38. The molecule has 1 fully saturated rings. The van der Waals surface area contributed by atoms with Crippen LogP contribution in [-0.4, -0.2) is 31.6 Å². The van der Waals surface area contributed by atoms with Crippen molar-refractivity contribution in [2.75, 3.05) is 23.9 Å². The molecule has 1 aromatic rings. The zero-order valence-electron chi connectivity index (χ0n) is 12.7. The van der Waals surface area contributed by atoms with Gasteiger partial charge in [-0.2, -0.15) is 0 Å². The smallest absolute Gasteiger partial charge is 0.319 e. The molecule has 0 atom stereocenters. The Hall–Kier alpha value is -2.24. The lowest BCUT2D eigenvalue weighted by Crippen LogP contribution is -2.40. The fraction of sp³-hybridized carbons (Fsp3) is 0.500. The molecule has 0 spiro atoms. The molecule has 0 unspecified atom stereocenters. The lowest BCUT2D eigenvalue weighted by atomic mass is 9.96. The summed E-state index contributed by atoms with van der Waals surface area (Å²) in [6.07, 6.45) is 5.63. The molecule has 0 bridgehead atoms. The van der Waals surface area contributed by atoms with Gasteiger partial charge in [-0.3, -0.25) is 4.79 Å². The number of nitrogens with zero attached hydrogens (tertiary/aromatic N) is 1. The van der Waals surface area contributed by atoms with Crippen LogP contribution in [0.5, 0.6) is 5.75 Å². The van der Waals surface area contributed by atoms with Crippen molar-refractivity contribution in [3.05, 3.63) is 18.2 Å². The SMILES string of the molecule is CN1C(=O)COc2cccc(NC(=O)NC3CCCCC3)c21. The summed E-state index contributed by atoms with van der Waals surface area (Å²) in [5.74, 6) is 0.479. The number of urea groups is 1. The van der Waals surface area contributed by atoms with E-state index in [9.17, 15) is 9.59 Å². The topological polar surface area (TPSA) is 70.7 Å². The average Bonchev–Trinajstić information content (AvgIpc) is 2.52. The van der Waals surface area contributed by atoms with E-state index >= 15 is 0 Å². The lowest BCUT2D eigenvalue weighted by molar-refractivity contribution is -0.120. The van der Waals surface area contributed by atoms with Gasteiger partial charge in [0, 0.05) is 13.1 Å². The number of ether oxygens (including phenoxy) is 1. The third-order valence-corrected chi connectivity index (χ3v) is 4.25. The van der Waals surface area contributed by atoms with Gasteiger partial charge in [-0.15, -0.1) is 0 Å². The molecule has 22 heavy (non-hydrogen) atoms. The molecule has 3 rings (SSSR count). The van der Waals surface area contributed by atoms with Gasteiger partial charge in [-0.1, -0.05) is 25.3 Å². The molecule has 0 aromatic heterocycles. The first-order valence-electron chi connectivity index (χ1n) is 7.75. The van der Waals surface area contributed by atoms with Gasteiger partial charge < -0.3 is 20.3 Å².